The van der Waals surface area contributed by atoms with E-state index in [9.17, 15) is 15.0 Å². The van der Waals surface area contributed by atoms with Crippen LogP contribution in [0.15, 0.2) is 59.2 Å². The molecule has 0 saturated heterocycles. The van der Waals surface area contributed by atoms with E-state index in [0.29, 0.717) is 29.7 Å². The second kappa shape index (κ2) is 10.8. The highest BCUT2D eigenvalue weighted by Crippen LogP contribution is 2.48. The SMILES string of the molecule is CC(C)=CCc1cccc(C2CC(=O)c3c(O)c(CC=C(C)C)c(O)c(CC=C(C)C)c3O2)c1. The molecule has 0 radical (unpaired) electrons. The Morgan fingerprint density at radius 1 is 0.882 bits per heavy atom. The Labute approximate surface area is 203 Å². The standard InChI is InChI=1S/C30H36O4/c1-18(2)10-13-21-8-7-9-22(16-21)26-17-25(31)27-29(33)23(14-11-19(3)4)28(32)24(30(27)34-26)15-12-20(5)6/h7-12,16,26,32-33H,13-15,17H2,1-6H3. The lowest BCUT2D eigenvalue weighted by Crippen LogP contribution is -2.22. The first kappa shape index (κ1) is 25.4. The minimum absolute atomic E-state index is 0.00277. The Bertz CT molecular complexity index is 1170. The molecule has 34 heavy (non-hydrogen) atoms. The summed E-state index contributed by atoms with van der Waals surface area (Å²) >= 11 is 0. The van der Waals surface area contributed by atoms with Gasteiger partial charge in [0.15, 0.2) is 5.78 Å². The first-order chi connectivity index (χ1) is 16.1. The maximum atomic E-state index is 13.3. The van der Waals surface area contributed by atoms with Crippen LogP contribution in [0.25, 0.3) is 0 Å². The summed E-state index contributed by atoms with van der Waals surface area (Å²) in [6, 6.07) is 8.08. The molecule has 0 bridgehead atoms. The van der Waals surface area contributed by atoms with Crippen LogP contribution in [0.2, 0.25) is 0 Å². The maximum Gasteiger partial charge on any atom is 0.174 e. The van der Waals surface area contributed by atoms with Crippen LogP contribution in [0, 0.1) is 0 Å². The lowest BCUT2D eigenvalue weighted by Gasteiger charge is -2.29. The number of benzene rings is 2. The average Bonchev–Trinajstić information content (AvgIpc) is 2.76. The van der Waals surface area contributed by atoms with Crippen molar-refractivity contribution in [1.29, 1.82) is 0 Å². The van der Waals surface area contributed by atoms with E-state index in [1.807, 2.05) is 52.0 Å². The van der Waals surface area contributed by atoms with Gasteiger partial charge in [-0.05, 0) is 71.9 Å². The second-order valence-electron chi connectivity index (χ2n) is 9.79. The minimum Gasteiger partial charge on any atom is -0.507 e. The van der Waals surface area contributed by atoms with E-state index in [2.05, 4.69) is 32.1 Å². The van der Waals surface area contributed by atoms with Crippen molar-refractivity contribution in [2.45, 2.75) is 73.3 Å². The summed E-state index contributed by atoms with van der Waals surface area (Å²) in [6.07, 6.45) is 7.34. The molecule has 4 heteroatoms. The summed E-state index contributed by atoms with van der Waals surface area (Å²) in [7, 11) is 0. The first-order valence-electron chi connectivity index (χ1n) is 11.9. The lowest BCUT2D eigenvalue weighted by atomic mass is 9.88. The Hall–Kier alpha value is -3.27. The number of Topliss-reactive ketones (excluding diaryl/α,β-unsaturated/α-hetero) is 1. The predicted molar refractivity (Wildman–Crippen MR) is 138 cm³/mol. The van der Waals surface area contributed by atoms with Crippen LogP contribution in [0.5, 0.6) is 17.2 Å². The van der Waals surface area contributed by atoms with E-state index in [4.69, 9.17) is 4.74 Å². The number of allylic oxidation sites excluding steroid dienone is 6. The zero-order valence-corrected chi connectivity index (χ0v) is 21.2. The number of ketones is 1. The fraction of sp³-hybridized carbons (Fsp3) is 0.367. The van der Waals surface area contributed by atoms with Crippen LogP contribution >= 0.6 is 0 Å². The molecule has 2 aromatic carbocycles. The molecule has 1 aliphatic rings. The molecule has 1 unspecified atom stereocenters. The number of carbonyl (C=O) groups excluding carboxylic acids is 1. The van der Waals surface area contributed by atoms with Gasteiger partial charge in [0.1, 0.15) is 28.9 Å². The van der Waals surface area contributed by atoms with E-state index in [1.165, 1.54) is 5.57 Å². The number of carbonyl (C=O) groups is 1. The fourth-order valence-electron chi connectivity index (χ4n) is 4.08. The summed E-state index contributed by atoms with van der Waals surface area (Å²) in [5, 5.41) is 22.2. The molecule has 0 fully saturated rings. The number of aromatic hydroxyl groups is 2. The Morgan fingerprint density at radius 3 is 2.09 bits per heavy atom. The quantitative estimate of drug-likeness (QED) is 0.425. The fourth-order valence-corrected chi connectivity index (χ4v) is 4.08. The molecule has 1 heterocycles. The highest BCUT2D eigenvalue weighted by Gasteiger charge is 2.35. The molecular weight excluding hydrogens is 424 g/mol. The van der Waals surface area contributed by atoms with Gasteiger partial charge in [0.25, 0.3) is 0 Å². The number of phenolic OH excluding ortho intramolecular Hbond substituents is 2. The summed E-state index contributed by atoms with van der Waals surface area (Å²) in [5.74, 6) is -0.0523. The van der Waals surface area contributed by atoms with E-state index < -0.39 is 6.10 Å². The second-order valence-corrected chi connectivity index (χ2v) is 9.79. The van der Waals surface area contributed by atoms with Gasteiger partial charge in [0.2, 0.25) is 0 Å². The van der Waals surface area contributed by atoms with Gasteiger partial charge >= 0.3 is 0 Å². The number of phenols is 2. The summed E-state index contributed by atoms with van der Waals surface area (Å²) < 4.78 is 6.37. The molecule has 0 aliphatic carbocycles. The summed E-state index contributed by atoms with van der Waals surface area (Å²) in [4.78, 5) is 13.3. The zero-order chi connectivity index (χ0) is 25.0. The molecule has 2 aromatic rings. The highest BCUT2D eigenvalue weighted by atomic mass is 16.5. The topological polar surface area (TPSA) is 66.8 Å². The van der Waals surface area contributed by atoms with Crippen LogP contribution < -0.4 is 4.74 Å². The largest absolute Gasteiger partial charge is 0.507 e. The Kier molecular flexibility index (Phi) is 8.03. The van der Waals surface area contributed by atoms with Crippen LogP contribution in [-0.4, -0.2) is 16.0 Å². The van der Waals surface area contributed by atoms with E-state index in [1.54, 1.807) is 0 Å². The van der Waals surface area contributed by atoms with E-state index in [-0.39, 0.29) is 29.3 Å². The molecule has 1 aliphatic heterocycles. The molecule has 1 atom stereocenters. The van der Waals surface area contributed by atoms with Gasteiger partial charge in [-0.25, -0.2) is 0 Å². The maximum absolute atomic E-state index is 13.3. The van der Waals surface area contributed by atoms with Gasteiger partial charge in [-0.15, -0.1) is 0 Å². The van der Waals surface area contributed by atoms with Crippen molar-refractivity contribution in [3.05, 3.63) is 87.0 Å². The van der Waals surface area contributed by atoms with Gasteiger partial charge in [-0.2, -0.15) is 0 Å². The van der Waals surface area contributed by atoms with Crippen molar-refractivity contribution < 1.29 is 19.7 Å². The smallest absolute Gasteiger partial charge is 0.174 e. The Morgan fingerprint density at radius 2 is 1.47 bits per heavy atom. The molecule has 180 valence electrons. The van der Waals surface area contributed by atoms with Crippen LogP contribution in [0.3, 0.4) is 0 Å². The molecule has 0 amide bonds. The number of fused-ring (bicyclic) bond motifs is 1. The van der Waals surface area contributed by atoms with Crippen molar-refractivity contribution in [3.8, 4) is 17.2 Å². The van der Waals surface area contributed by atoms with Gasteiger partial charge in [-0.3, -0.25) is 4.79 Å². The molecule has 4 nitrogen and oxygen atoms in total. The number of hydrogen-bond donors (Lipinski definition) is 2. The average molecular weight is 461 g/mol. The van der Waals surface area contributed by atoms with Gasteiger partial charge in [0, 0.05) is 11.1 Å². The third-order valence-electron chi connectivity index (χ3n) is 6.00. The zero-order valence-electron chi connectivity index (χ0n) is 21.2. The first-order valence-corrected chi connectivity index (χ1v) is 11.9. The van der Waals surface area contributed by atoms with Gasteiger partial charge in [-0.1, -0.05) is 59.2 Å². The number of hydrogen-bond acceptors (Lipinski definition) is 4. The van der Waals surface area contributed by atoms with E-state index >= 15 is 0 Å². The molecule has 2 N–H and O–H groups in total. The van der Waals surface area contributed by atoms with Crippen molar-refractivity contribution >= 4 is 5.78 Å². The third kappa shape index (κ3) is 5.80. The van der Waals surface area contributed by atoms with Gasteiger partial charge in [0.05, 0.1) is 6.42 Å². The minimum atomic E-state index is -0.473. The molecule has 0 saturated carbocycles. The molecule has 0 aromatic heterocycles. The molecule has 3 rings (SSSR count). The predicted octanol–water partition coefficient (Wildman–Crippen LogP) is 7.33. The molecular formula is C30H36O4. The van der Waals surface area contributed by atoms with Crippen molar-refractivity contribution in [1.82, 2.24) is 0 Å². The van der Waals surface area contributed by atoms with Crippen molar-refractivity contribution in [2.75, 3.05) is 0 Å². The molecule has 0 spiro atoms. The van der Waals surface area contributed by atoms with Crippen molar-refractivity contribution in [2.24, 2.45) is 0 Å². The number of rotatable bonds is 7. The lowest BCUT2D eigenvalue weighted by molar-refractivity contribution is 0.0842. The third-order valence-corrected chi connectivity index (χ3v) is 6.00. The van der Waals surface area contributed by atoms with E-state index in [0.717, 1.165) is 28.7 Å². The highest BCUT2D eigenvalue weighted by molar-refractivity contribution is 6.04. The number of ether oxygens (including phenoxy) is 1. The van der Waals surface area contributed by atoms with Crippen LogP contribution in [0.1, 0.15) is 86.7 Å². The van der Waals surface area contributed by atoms with Crippen LogP contribution in [0.4, 0.5) is 0 Å². The summed E-state index contributed by atoms with van der Waals surface area (Å²) in [6.45, 7) is 12.0. The monoisotopic (exact) mass is 460 g/mol. The van der Waals surface area contributed by atoms with Crippen LogP contribution in [-0.2, 0) is 19.3 Å². The van der Waals surface area contributed by atoms with Gasteiger partial charge < -0.3 is 14.9 Å². The summed E-state index contributed by atoms with van der Waals surface area (Å²) in [5.41, 5.74) is 6.58. The Balaban J connectivity index is 2.09. The normalized spacial score (nSPS) is 14.6. The van der Waals surface area contributed by atoms with Crippen molar-refractivity contribution in [3.63, 3.8) is 0 Å².